The second-order valence-corrected chi connectivity index (χ2v) is 4.78. The maximum Gasteiger partial charge on any atom is 0.329 e. The Morgan fingerprint density at radius 3 is 2.61 bits per heavy atom. The molecule has 0 aliphatic carbocycles. The molecule has 1 aliphatic rings. The lowest BCUT2D eigenvalue weighted by Crippen LogP contribution is -2.39. The van der Waals surface area contributed by atoms with Crippen molar-refractivity contribution in [3.63, 3.8) is 0 Å². The number of nitrogens with one attached hydrogen (secondary N) is 1. The number of aliphatic hydroxyl groups excluding tert-OH is 1. The lowest BCUT2D eigenvalue weighted by atomic mass is 10.2. The Labute approximate surface area is 113 Å². The quantitative estimate of drug-likeness (QED) is 0.816. The highest BCUT2D eigenvalue weighted by Gasteiger charge is 2.42. The molecule has 1 fully saturated rings. The summed E-state index contributed by atoms with van der Waals surface area (Å²) in [6.07, 6.45) is -0.982. The summed E-state index contributed by atoms with van der Waals surface area (Å²) < 4.78 is 0. The topological polar surface area (TPSA) is 69.6 Å². The van der Waals surface area contributed by atoms with E-state index in [0.717, 1.165) is 4.90 Å². The summed E-state index contributed by atoms with van der Waals surface area (Å²) in [7, 11) is 0. The fourth-order valence-corrected chi connectivity index (χ4v) is 2.08. The number of benzene rings is 1. The highest BCUT2D eigenvalue weighted by Crippen LogP contribution is 2.31. The summed E-state index contributed by atoms with van der Waals surface area (Å²) in [6, 6.07) is 2.88. The lowest BCUT2D eigenvalue weighted by molar-refractivity contribution is -0.120. The molecule has 0 unspecified atom stereocenters. The first-order chi connectivity index (χ1) is 8.41. The molecule has 5 nitrogen and oxygen atoms in total. The predicted octanol–water partition coefficient (Wildman–Crippen LogP) is 1.80. The number of aliphatic hydroxyl groups is 1. The Bertz CT molecular complexity index is 519. The number of amides is 3. The van der Waals surface area contributed by atoms with Crippen molar-refractivity contribution in [2.75, 3.05) is 4.90 Å². The summed E-state index contributed by atoms with van der Waals surface area (Å²) in [6.45, 7) is 1.42. The minimum absolute atomic E-state index is 0.204. The van der Waals surface area contributed by atoms with E-state index in [1.807, 2.05) is 0 Å². The average Bonchev–Trinajstić information content (AvgIpc) is 2.58. The number of carbonyl (C=O) groups is 2. The van der Waals surface area contributed by atoms with Gasteiger partial charge in [-0.1, -0.05) is 23.2 Å². The zero-order valence-corrected chi connectivity index (χ0v) is 10.9. The van der Waals surface area contributed by atoms with E-state index in [2.05, 4.69) is 5.32 Å². The Kier molecular flexibility index (Phi) is 3.47. The summed E-state index contributed by atoms with van der Waals surface area (Å²) >= 11 is 11.8. The first kappa shape index (κ1) is 13.1. The maximum atomic E-state index is 12.0. The van der Waals surface area contributed by atoms with Crippen molar-refractivity contribution in [2.45, 2.75) is 19.1 Å². The van der Waals surface area contributed by atoms with Crippen LogP contribution in [0.15, 0.2) is 18.2 Å². The summed E-state index contributed by atoms with van der Waals surface area (Å²) in [5.41, 5.74) is 0.204. The van der Waals surface area contributed by atoms with Crippen LogP contribution in [-0.4, -0.2) is 29.2 Å². The van der Waals surface area contributed by atoms with E-state index in [1.54, 1.807) is 6.07 Å². The van der Waals surface area contributed by atoms with Gasteiger partial charge in [0.15, 0.2) is 0 Å². The number of urea groups is 1. The van der Waals surface area contributed by atoms with Gasteiger partial charge in [-0.15, -0.1) is 0 Å². The Balaban J connectivity index is 2.42. The van der Waals surface area contributed by atoms with E-state index in [1.165, 1.54) is 19.1 Å². The molecule has 96 valence electrons. The molecule has 0 radical (unpaired) electrons. The molecule has 18 heavy (non-hydrogen) atoms. The molecule has 2 atom stereocenters. The third-order valence-electron chi connectivity index (χ3n) is 2.60. The maximum absolute atomic E-state index is 12.0. The van der Waals surface area contributed by atoms with Gasteiger partial charge < -0.3 is 10.4 Å². The first-order valence-corrected chi connectivity index (χ1v) is 5.95. The van der Waals surface area contributed by atoms with Gasteiger partial charge in [-0.2, -0.15) is 0 Å². The monoisotopic (exact) mass is 288 g/mol. The number of anilines is 1. The third-order valence-corrected chi connectivity index (χ3v) is 3.15. The first-order valence-electron chi connectivity index (χ1n) is 5.19. The number of rotatable bonds is 2. The van der Waals surface area contributed by atoms with Crippen LogP contribution in [0.5, 0.6) is 0 Å². The lowest BCUT2D eigenvalue weighted by Gasteiger charge is -2.15. The molecule has 0 bridgehead atoms. The van der Waals surface area contributed by atoms with Crippen LogP contribution in [-0.2, 0) is 4.79 Å². The number of halogens is 2. The van der Waals surface area contributed by atoms with Gasteiger partial charge in [0.2, 0.25) is 0 Å². The van der Waals surface area contributed by atoms with Crippen LogP contribution >= 0.6 is 23.2 Å². The van der Waals surface area contributed by atoms with Gasteiger partial charge in [-0.3, -0.25) is 4.79 Å². The number of imide groups is 1. The average molecular weight is 289 g/mol. The van der Waals surface area contributed by atoms with E-state index in [4.69, 9.17) is 23.2 Å². The molecule has 2 N–H and O–H groups in total. The van der Waals surface area contributed by atoms with Gasteiger partial charge >= 0.3 is 6.03 Å². The van der Waals surface area contributed by atoms with Crippen LogP contribution in [0.1, 0.15) is 6.92 Å². The second-order valence-electron chi connectivity index (χ2n) is 3.94. The highest BCUT2D eigenvalue weighted by atomic mass is 35.5. The van der Waals surface area contributed by atoms with Crippen molar-refractivity contribution < 1.29 is 14.7 Å². The molecule has 1 saturated heterocycles. The highest BCUT2D eigenvalue weighted by molar-refractivity contribution is 6.37. The number of nitrogens with zero attached hydrogens (tertiary/aromatic N) is 1. The van der Waals surface area contributed by atoms with Crippen LogP contribution in [0.25, 0.3) is 0 Å². The van der Waals surface area contributed by atoms with Crippen LogP contribution in [0.4, 0.5) is 10.5 Å². The molecule has 3 amide bonds. The Morgan fingerprint density at radius 1 is 1.39 bits per heavy atom. The number of hydrogen-bond donors (Lipinski definition) is 2. The van der Waals surface area contributed by atoms with E-state index in [0.29, 0.717) is 5.02 Å². The molecule has 2 rings (SSSR count). The zero-order valence-electron chi connectivity index (χ0n) is 9.35. The Morgan fingerprint density at radius 2 is 2.06 bits per heavy atom. The molecule has 0 aromatic heterocycles. The smallest absolute Gasteiger partial charge is 0.329 e. The summed E-state index contributed by atoms with van der Waals surface area (Å²) in [5, 5.41) is 12.4. The number of hydrogen-bond acceptors (Lipinski definition) is 3. The van der Waals surface area contributed by atoms with E-state index >= 15 is 0 Å². The van der Waals surface area contributed by atoms with Gasteiger partial charge in [0.1, 0.15) is 6.04 Å². The SMILES string of the molecule is C[C@@H](O)[C@H]1NC(=O)N(c2cc(Cl)ccc2Cl)C1=O. The molecule has 1 aromatic carbocycles. The van der Waals surface area contributed by atoms with Crippen molar-refractivity contribution in [2.24, 2.45) is 0 Å². The van der Waals surface area contributed by atoms with Crippen molar-refractivity contribution >= 4 is 40.8 Å². The van der Waals surface area contributed by atoms with Crippen LogP contribution in [0.3, 0.4) is 0 Å². The van der Waals surface area contributed by atoms with Crippen LogP contribution in [0.2, 0.25) is 10.0 Å². The fraction of sp³-hybridized carbons (Fsp3) is 0.273. The number of carbonyl (C=O) groups excluding carboxylic acids is 2. The molecular weight excluding hydrogens is 279 g/mol. The fourth-order valence-electron chi connectivity index (χ4n) is 1.71. The molecule has 0 spiro atoms. The normalized spacial score (nSPS) is 21.1. The molecule has 1 heterocycles. The molecular formula is C11H10Cl2N2O3. The Hall–Kier alpha value is -1.30. The van der Waals surface area contributed by atoms with Gasteiger partial charge in [0.05, 0.1) is 16.8 Å². The van der Waals surface area contributed by atoms with E-state index < -0.39 is 24.1 Å². The molecule has 7 heteroatoms. The molecule has 1 aromatic rings. The van der Waals surface area contributed by atoms with E-state index in [-0.39, 0.29) is 10.7 Å². The van der Waals surface area contributed by atoms with Gasteiger partial charge in [0, 0.05) is 5.02 Å². The largest absolute Gasteiger partial charge is 0.391 e. The summed E-state index contributed by atoms with van der Waals surface area (Å²) in [4.78, 5) is 24.6. The predicted molar refractivity (Wildman–Crippen MR) is 67.9 cm³/mol. The second kappa shape index (κ2) is 4.76. The zero-order chi connectivity index (χ0) is 13.4. The minimum Gasteiger partial charge on any atom is -0.391 e. The van der Waals surface area contributed by atoms with Crippen molar-refractivity contribution in [3.05, 3.63) is 28.2 Å². The van der Waals surface area contributed by atoms with Gasteiger partial charge in [-0.05, 0) is 25.1 Å². The molecule has 1 aliphatic heterocycles. The standard InChI is InChI=1S/C11H10Cl2N2O3/c1-5(16)9-10(17)15(11(18)14-9)8-4-6(12)2-3-7(8)13/h2-5,9,16H,1H3,(H,14,18)/t5-,9-/m1/s1. The van der Waals surface area contributed by atoms with E-state index in [9.17, 15) is 14.7 Å². The van der Waals surface area contributed by atoms with Crippen molar-refractivity contribution in [1.82, 2.24) is 5.32 Å². The van der Waals surface area contributed by atoms with Gasteiger partial charge in [-0.25, -0.2) is 9.69 Å². The molecule has 0 saturated carbocycles. The van der Waals surface area contributed by atoms with Crippen molar-refractivity contribution in [1.29, 1.82) is 0 Å². The minimum atomic E-state index is -0.982. The summed E-state index contributed by atoms with van der Waals surface area (Å²) in [5.74, 6) is -0.556. The van der Waals surface area contributed by atoms with Crippen LogP contribution < -0.4 is 10.2 Å². The van der Waals surface area contributed by atoms with Gasteiger partial charge in [0.25, 0.3) is 5.91 Å². The van der Waals surface area contributed by atoms with Crippen molar-refractivity contribution in [3.8, 4) is 0 Å². The third kappa shape index (κ3) is 2.16. The van der Waals surface area contributed by atoms with Crippen LogP contribution in [0, 0.1) is 0 Å².